The lowest BCUT2D eigenvalue weighted by Crippen LogP contribution is -2.40. The molecule has 0 saturated carbocycles. The quantitative estimate of drug-likeness (QED) is 0.843. The van der Waals surface area contributed by atoms with Crippen LogP contribution in [0.25, 0.3) is 10.2 Å². The normalized spacial score (nSPS) is 13.3. The molecule has 2 rings (SSSR count). The minimum Gasteiger partial charge on any atom is -0.312 e. The standard InChI is InChI=1S/C15H23N3S/c1-4-9-16-12(11-18(2)3)10-15-17-13-7-5-6-8-14(13)19-15/h5-8,12,16H,4,9-11H2,1-3H3. The van der Waals surface area contributed by atoms with E-state index >= 15 is 0 Å². The fraction of sp³-hybridized carbons (Fsp3) is 0.533. The Bertz CT molecular complexity index is 474. The Morgan fingerprint density at radius 1 is 1.32 bits per heavy atom. The van der Waals surface area contributed by atoms with E-state index in [2.05, 4.69) is 55.5 Å². The molecule has 19 heavy (non-hydrogen) atoms. The van der Waals surface area contributed by atoms with Gasteiger partial charge in [-0.05, 0) is 39.2 Å². The predicted molar refractivity (Wildman–Crippen MR) is 84.0 cm³/mol. The molecule has 2 aromatic rings. The molecule has 104 valence electrons. The van der Waals surface area contributed by atoms with Crippen LogP contribution in [0.2, 0.25) is 0 Å². The first kappa shape index (κ1) is 14.4. The average Bonchev–Trinajstić information content (AvgIpc) is 2.77. The van der Waals surface area contributed by atoms with Crippen LogP contribution in [0.1, 0.15) is 18.4 Å². The minimum atomic E-state index is 0.482. The SMILES string of the molecule is CCCNC(Cc1nc2ccccc2s1)CN(C)C. The largest absolute Gasteiger partial charge is 0.312 e. The van der Waals surface area contributed by atoms with Gasteiger partial charge in [-0.25, -0.2) is 4.98 Å². The molecule has 1 aromatic heterocycles. The van der Waals surface area contributed by atoms with Crippen LogP contribution in [0.4, 0.5) is 0 Å². The zero-order chi connectivity index (χ0) is 13.7. The molecule has 0 saturated heterocycles. The van der Waals surface area contributed by atoms with Crippen LogP contribution >= 0.6 is 11.3 Å². The molecule has 1 unspecified atom stereocenters. The minimum absolute atomic E-state index is 0.482. The smallest absolute Gasteiger partial charge is 0.0954 e. The summed E-state index contributed by atoms with van der Waals surface area (Å²) in [6.07, 6.45) is 2.18. The number of fused-ring (bicyclic) bond motifs is 1. The van der Waals surface area contributed by atoms with Crippen molar-refractivity contribution in [3.8, 4) is 0 Å². The number of nitrogens with one attached hydrogen (secondary N) is 1. The topological polar surface area (TPSA) is 28.2 Å². The molecule has 0 bridgehead atoms. The number of benzene rings is 1. The highest BCUT2D eigenvalue weighted by Gasteiger charge is 2.13. The summed E-state index contributed by atoms with van der Waals surface area (Å²) in [6, 6.07) is 8.86. The average molecular weight is 277 g/mol. The molecular formula is C15H23N3S. The Kier molecular flexibility index (Phi) is 5.31. The van der Waals surface area contributed by atoms with Gasteiger partial charge in [0.15, 0.2) is 0 Å². The van der Waals surface area contributed by atoms with Crippen LogP contribution < -0.4 is 5.32 Å². The van der Waals surface area contributed by atoms with E-state index < -0.39 is 0 Å². The van der Waals surface area contributed by atoms with Crippen LogP contribution in [0.15, 0.2) is 24.3 Å². The molecule has 0 spiro atoms. The second-order valence-corrected chi connectivity index (χ2v) is 6.31. The number of nitrogens with zero attached hydrogens (tertiary/aromatic N) is 2. The first-order valence-electron chi connectivity index (χ1n) is 6.91. The van der Waals surface area contributed by atoms with Gasteiger partial charge in [0.25, 0.3) is 0 Å². The molecule has 1 aromatic carbocycles. The maximum atomic E-state index is 4.73. The van der Waals surface area contributed by atoms with Gasteiger partial charge in [0.2, 0.25) is 0 Å². The van der Waals surface area contributed by atoms with E-state index in [1.165, 1.54) is 16.1 Å². The van der Waals surface area contributed by atoms with E-state index in [0.717, 1.165) is 25.0 Å². The van der Waals surface area contributed by atoms with Crippen molar-refractivity contribution in [3.63, 3.8) is 0 Å². The number of hydrogen-bond acceptors (Lipinski definition) is 4. The van der Waals surface area contributed by atoms with Crippen molar-refractivity contribution >= 4 is 21.6 Å². The fourth-order valence-corrected chi connectivity index (χ4v) is 3.26. The van der Waals surface area contributed by atoms with Crippen molar-refractivity contribution in [2.24, 2.45) is 0 Å². The molecule has 1 heterocycles. The second-order valence-electron chi connectivity index (χ2n) is 5.19. The maximum Gasteiger partial charge on any atom is 0.0954 e. The lowest BCUT2D eigenvalue weighted by molar-refractivity contribution is 0.336. The fourth-order valence-electron chi connectivity index (χ4n) is 2.21. The number of rotatable bonds is 7. The Labute approximate surface area is 119 Å². The summed E-state index contributed by atoms with van der Waals surface area (Å²) in [5, 5.41) is 4.85. The van der Waals surface area contributed by atoms with E-state index in [-0.39, 0.29) is 0 Å². The summed E-state index contributed by atoms with van der Waals surface area (Å²) in [4.78, 5) is 6.96. The summed E-state index contributed by atoms with van der Waals surface area (Å²) in [5.74, 6) is 0. The molecule has 1 atom stereocenters. The van der Waals surface area contributed by atoms with Crippen molar-refractivity contribution in [1.82, 2.24) is 15.2 Å². The van der Waals surface area contributed by atoms with Gasteiger partial charge >= 0.3 is 0 Å². The monoisotopic (exact) mass is 277 g/mol. The Balaban J connectivity index is 2.06. The Morgan fingerprint density at radius 2 is 2.11 bits per heavy atom. The summed E-state index contributed by atoms with van der Waals surface area (Å²) < 4.78 is 1.29. The predicted octanol–water partition coefficient (Wildman–Crippen LogP) is 2.77. The van der Waals surface area contributed by atoms with E-state index in [0.29, 0.717) is 6.04 Å². The van der Waals surface area contributed by atoms with E-state index in [1.807, 2.05) is 11.3 Å². The highest BCUT2D eigenvalue weighted by Crippen LogP contribution is 2.22. The number of hydrogen-bond donors (Lipinski definition) is 1. The van der Waals surface area contributed by atoms with Crippen molar-refractivity contribution in [1.29, 1.82) is 0 Å². The number of para-hydroxylation sites is 1. The summed E-state index contributed by atoms with van der Waals surface area (Å²) in [7, 11) is 4.25. The van der Waals surface area contributed by atoms with E-state index in [4.69, 9.17) is 4.98 Å². The molecule has 3 nitrogen and oxygen atoms in total. The van der Waals surface area contributed by atoms with E-state index in [1.54, 1.807) is 0 Å². The van der Waals surface area contributed by atoms with Crippen LogP contribution in [-0.4, -0.2) is 43.1 Å². The summed E-state index contributed by atoms with van der Waals surface area (Å²) in [5.41, 5.74) is 1.13. The van der Waals surface area contributed by atoms with Crippen LogP contribution in [-0.2, 0) is 6.42 Å². The van der Waals surface area contributed by atoms with Crippen LogP contribution in [0.5, 0.6) is 0 Å². The van der Waals surface area contributed by atoms with Crippen molar-refractivity contribution in [2.45, 2.75) is 25.8 Å². The van der Waals surface area contributed by atoms with Crippen LogP contribution in [0, 0.1) is 0 Å². The van der Waals surface area contributed by atoms with Crippen molar-refractivity contribution in [3.05, 3.63) is 29.3 Å². The molecule has 0 aliphatic heterocycles. The highest BCUT2D eigenvalue weighted by atomic mass is 32.1. The third-order valence-corrected chi connectivity index (χ3v) is 4.09. The molecule has 1 N–H and O–H groups in total. The summed E-state index contributed by atoms with van der Waals surface area (Å²) in [6.45, 7) is 4.33. The number of aromatic nitrogens is 1. The van der Waals surface area contributed by atoms with Gasteiger partial charge in [0.05, 0.1) is 15.2 Å². The van der Waals surface area contributed by atoms with Gasteiger partial charge in [0, 0.05) is 19.0 Å². The Morgan fingerprint density at radius 3 is 2.79 bits per heavy atom. The van der Waals surface area contributed by atoms with Gasteiger partial charge in [0.1, 0.15) is 0 Å². The second kappa shape index (κ2) is 6.98. The van der Waals surface area contributed by atoms with Gasteiger partial charge in [-0.2, -0.15) is 0 Å². The van der Waals surface area contributed by atoms with E-state index in [9.17, 15) is 0 Å². The first-order valence-corrected chi connectivity index (χ1v) is 7.73. The molecular weight excluding hydrogens is 254 g/mol. The molecule has 0 radical (unpaired) electrons. The molecule has 4 heteroatoms. The lowest BCUT2D eigenvalue weighted by atomic mass is 10.2. The highest BCUT2D eigenvalue weighted by molar-refractivity contribution is 7.18. The number of likely N-dealkylation sites (N-methyl/N-ethyl adjacent to an activating group) is 1. The zero-order valence-electron chi connectivity index (χ0n) is 12.0. The Hall–Kier alpha value is -0.970. The van der Waals surface area contributed by atoms with Crippen LogP contribution in [0.3, 0.4) is 0 Å². The number of thiazole rings is 1. The first-order chi connectivity index (χ1) is 9.19. The molecule has 0 fully saturated rings. The zero-order valence-corrected chi connectivity index (χ0v) is 12.8. The van der Waals surface area contributed by atoms with Crippen molar-refractivity contribution in [2.75, 3.05) is 27.2 Å². The van der Waals surface area contributed by atoms with Gasteiger partial charge < -0.3 is 10.2 Å². The van der Waals surface area contributed by atoms with Gasteiger partial charge in [-0.3, -0.25) is 0 Å². The summed E-state index contributed by atoms with van der Waals surface area (Å²) >= 11 is 1.82. The molecule has 0 aliphatic carbocycles. The third kappa shape index (κ3) is 4.27. The molecule has 0 amide bonds. The van der Waals surface area contributed by atoms with Crippen molar-refractivity contribution < 1.29 is 0 Å². The lowest BCUT2D eigenvalue weighted by Gasteiger charge is -2.21. The van der Waals surface area contributed by atoms with Gasteiger partial charge in [-0.15, -0.1) is 11.3 Å². The maximum absolute atomic E-state index is 4.73. The van der Waals surface area contributed by atoms with Gasteiger partial charge in [-0.1, -0.05) is 19.1 Å². The third-order valence-electron chi connectivity index (χ3n) is 3.03. The molecule has 0 aliphatic rings.